The molecule has 0 aliphatic heterocycles. The molecule has 68 valence electrons. The van der Waals surface area contributed by atoms with E-state index in [-0.39, 0.29) is 0 Å². The fourth-order valence-corrected chi connectivity index (χ4v) is 2.12. The van der Waals surface area contributed by atoms with Crippen molar-refractivity contribution in [3.63, 3.8) is 0 Å². The molecule has 0 saturated heterocycles. The van der Waals surface area contributed by atoms with Crippen LogP contribution in [0.5, 0.6) is 0 Å². The van der Waals surface area contributed by atoms with Gasteiger partial charge < -0.3 is 0 Å². The monoisotopic (exact) mass is 268 g/mol. The Hall–Kier alpha value is 0.280. The fourth-order valence-electron chi connectivity index (χ4n) is 0.660. The molecule has 0 aliphatic carbocycles. The van der Waals surface area contributed by atoms with E-state index in [1.807, 2.05) is 32.0 Å². The van der Waals surface area contributed by atoms with Crippen LogP contribution in [0.4, 0.5) is 0 Å². The maximum atomic E-state index is 5.82. The van der Waals surface area contributed by atoms with Crippen LogP contribution in [0.2, 0.25) is 10.0 Å². The van der Waals surface area contributed by atoms with Crippen LogP contribution in [0.1, 0.15) is 19.4 Å². The molecular weight excluding hydrogens is 259 g/mol. The summed E-state index contributed by atoms with van der Waals surface area (Å²) < 4.78 is 0. The van der Waals surface area contributed by atoms with Gasteiger partial charge in [0.1, 0.15) is 0 Å². The van der Waals surface area contributed by atoms with Gasteiger partial charge in [0, 0.05) is 15.4 Å². The van der Waals surface area contributed by atoms with Gasteiger partial charge >= 0.3 is 0 Å². The average Bonchev–Trinajstić information content (AvgIpc) is 2.08. The van der Waals surface area contributed by atoms with Crippen molar-refractivity contribution >= 4 is 39.1 Å². The molecule has 0 unspecified atom stereocenters. The molecule has 0 saturated carbocycles. The standard InChI is InChI=1S/C7H5BrCl2.C2H6/c8-4-5-6(9)2-1-3-7(5)10;1-2/h1-3H,4H2;1-2H3. The van der Waals surface area contributed by atoms with Crippen molar-refractivity contribution in [1.29, 1.82) is 0 Å². The zero-order valence-corrected chi connectivity index (χ0v) is 10.2. The Labute approximate surface area is 92.0 Å². The Morgan fingerprint density at radius 2 is 1.58 bits per heavy atom. The molecule has 0 aliphatic rings. The third-order valence-corrected chi connectivity index (χ3v) is 2.46. The van der Waals surface area contributed by atoms with Crippen molar-refractivity contribution in [2.24, 2.45) is 0 Å². The Kier molecular flexibility index (Phi) is 6.92. The van der Waals surface area contributed by atoms with Crippen molar-refractivity contribution in [2.75, 3.05) is 0 Å². The quantitative estimate of drug-likeness (QED) is 0.635. The van der Waals surface area contributed by atoms with Crippen LogP contribution in [-0.2, 0) is 5.33 Å². The van der Waals surface area contributed by atoms with Gasteiger partial charge in [-0.05, 0) is 17.7 Å². The first-order valence-electron chi connectivity index (χ1n) is 3.74. The van der Waals surface area contributed by atoms with E-state index in [2.05, 4.69) is 15.9 Å². The Morgan fingerprint density at radius 1 is 1.17 bits per heavy atom. The summed E-state index contributed by atoms with van der Waals surface area (Å²) in [5, 5.41) is 2.12. The molecule has 0 aromatic heterocycles. The molecule has 1 rings (SSSR count). The first kappa shape index (κ1) is 12.3. The van der Waals surface area contributed by atoms with Crippen LogP contribution >= 0.6 is 39.1 Å². The zero-order chi connectivity index (χ0) is 9.56. The molecule has 1 aromatic carbocycles. The fraction of sp³-hybridized carbons (Fsp3) is 0.333. The predicted molar refractivity (Wildman–Crippen MR) is 60.4 cm³/mol. The molecule has 0 radical (unpaired) electrons. The number of halogens is 3. The number of alkyl halides is 1. The minimum absolute atomic E-state index is 0.700. The minimum atomic E-state index is 0.700. The second-order valence-electron chi connectivity index (χ2n) is 1.83. The van der Waals surface area contributed by atoms with E-state index < -0.39 is 0 Å². The Bertz CT molecular complexity index is 216. The van der Waals surface area contributed by atoms with Gasteiger partial charge in [-0.1, -0.05) is 59.0 Å². The van der Waals surface area contributed by atoms with E-state index in [1.165, 1.54) is 0 Å². The summed E-state index contributed by atoms with van der Waals surface area (Å²) in [5.74, 6) is 0. The summed E-state index contributed by atoms with van der Waals surface area (Å²) in [6, 6.07) is 5.48. The highest BCUT2D eigenvalue weighted by Crippen LogP contribution is 2.25. The molecule has 3 heteroatoms. The van der Waals surface area contributed by atoms with Crippen LogP contribution in [-0.4, -0.2) is 0 Å². The van der Waals surface area contributed by atoms with Crippen molar-refractivity contribution < 1.29 is 0 Å². The number of rotatable bonds is 1. The Balaban J connectivity index is 0.000000561. The van der Waals surface area contributed by atoms with Gasteiger partial charge in [-0.25, -0.2) is 0 Å². The third kappa shape index (κ3) is 3.34. The highest BCUT2D eigenvalue weighted by atomic mass is 79.9. The molecule has 0 atom stereocenters. The van der Waals surface area contributed by atoms with Gasteiger partial charge in [0.2, 0.25) is 0 Å². The molecule has 0 amide bonds. The molecule has 0 spiro atoms. The highest BCUT2D eigenvalue weighted by Gasteiger charge is 2.01. The summed E-state index contributed by atoms with van der Waals surface area (Å²) in [6.07, 6.45) is 0. The third-order valence-electron chi connectivity index (χ3n) is 1.20. The predicted octanol–water partition coefficient (Wildman–Crippen LogP) is 4.91. The van der Waals surface area contributed by atoms with E-state index >= 15 is 0 Å². The molecule has 0 N–H and O–H groups in total. The highest BCUT2D eigenvalue weighted by molar-refractivity contribution is 9.08. The lowest BCUT2D eigenvalue weighted by molar-refractivity contribution is 1.44. The summed E-state index contributed by atoms with van der Waals surface area (Å²) in [7, 11) is 0. The van der Waals surface area contributed by atoms with Crippen LogP contribution in [0.3, 0.4) is 0 Å². The van der Waals surface area contributed by atoms with Gasteiger partial charge in [-0.3, -0.25) is 0 Å². The van der Waals surface area contributed by atoms with Gasteiger partial charge in [0.15, 0.2) is 0 Å². The molecule has 12 heavy (non-hydrogen) atoms. The second kappa shape index (κ2) is 6.76. The van der Waals surface area contributed by atoms with E-state index in [1.54, 1.807) is 0 Å². The van der Waals surface area contributed by atoms with Gasteiger partial charge in [0.05, 0.1) is 0 Å². The van der Waals surface area contributed by atoms with Gasteiger partial charge in [0.25, 0.3) is 0 Å². The molecule has 1 aromatic rings. The minimum Gasteiger partial charge on any atom is -0.0875 e. The first-order chi connectivity index (χ1) is 5.75. The smallest absolute Gasteiger partial charge is 0.0461 e. The SMILES string of the molecule is CC.Clc1cccc(Cl)c1CBr. The molecule has 0 bridgehead atoms. The van der Waals surface area contributed by atoms with Crippen molar-refractivity contribution in [3.05, 3.63) is 33.8 Å². The lowest BCUT2D eigenvalue weighted by Gasteiger charge is -2.00. The van der Waals surface area contributed by atoms with Crippen molar-refractivity contribution in [3.8, 4) is 0 Å². The molecule has 0 nitrogen and oxygen atoms in total. The van der Waals surface area contributed by atoms with Crippen LogP contribution in [0, 0.1) is 0 Å². The number of hydrogen-bond acceptors (Lipinski definition) is 0. The van der Waals surface area contributed by atoms with Crippen LogP contribution in [0.15, 0.2) is 18.2 Å². The van der Waals surface area contributed by atoms with E-state index in [9.17, 15) is 0 Å². The molecular formula is C9H11BrCl2. The summed E-state index contributed by atoms with van der Waals surface area (Å²) >= 11 is 14.9. The Morgan fingerprint density at radius 3 is 1.83 bits per heavy atom. The summed E-state index contributed by atoms with van der Waals surface area (Å²) in [5.41, 5.74) is 0.950. The normalized spacial score (nSPS) is 8.75. The topological polar surface area (TPSA) is 0 Å². The van der Waals surface area contributed by atoms with E-state index in [0.29, 0.717) is 15.4 Å². The van der Waals surface area contributed by atoms with E-state index in [0.717, 1.165) is 5.56 Å². The van der Waals surface area contributed by atoms with Crippen LogP contribution in [0.25, 0.3) is 0 Å². The maximum Gasteiger partial charge on any atom is 0.0461 e. The lowest BCUT2D eigenvalue weighted by Crippen LogP contribution is -1.79. The average molecular weight is 270 g/mol. The largest absolute Gasteiger partial charge is 0.0875 e. The first-order valence-corrected chi connectivity index (χ1v) is 5.62. The summed E-state index contributed by atoms with van der Waals surface area (Å²) in [4.78, 5) is 0. The van der Waals surface area contributed by atoms with Crippen molar-refractivity contribution in [1.82, 2.24) is 0 Å². The lowest BCUT2D eigenvalue weighted by atomic mass is 10.2. The number of benzene rings is 1. The molecule has 0 heterocycles. The van der Waals surface area contributed by atoms with E-state index in [4.69, 9.17) is 23.2 Å². The van der Waals surface area contributed by atoms with Crippen molar-refractivity contribution in [2.45, 2.75) is 19.2 Å². The molecule has 0 fully saturated rings. The maximum absolute atomic E-state index is 5.82. The van der Waals surface area contributed by atoms with Gasteiger partial charge in [-0.15, -0.1) is 0 Å². The zero-order valence-electron chi connectivity index (χ0n) is 7.07. The van der Waals surface area contributed by atoms with Gasteiger partial charge in [-0.2, -0.15) is 0 Å². The second-order valence-corrected chi connectivity index (χ2v) is 3.21. The number of hydrogen-bond donors (Lipinski definition) is 0. The summed E-state index contributed by atoms with van der Waals surface area (Å²) in [6.45, 7) is 4.00. The van der Waals surface area contributed by atoms with Crippen LogP contribution < -0.4 is 0 Å².